The van der Waals surface area contributed by atoms with Crippen LogP contribution in [0.15, 0.2) is 36.4 Å². The monoisotopic (exact) mass is 458 g/mol. The average Bonchev–Trinajstić information content (AvgIpc) is 2.63. The summed E-state index contributed by atoms with van der Waals surface area (Å²) in [5.74, 6) is -1.39. The number of amides is 2. The highest BCUT2D eigenvalue weighted by Crippen LogP contribution is 2.27. The molecule has 0 fully saturated rings. The standard InChI is InChI=1S/C21H22Cl3FN2O2/c1-12(2)26-21(29)13(3)27(11-15-17(23)6-4-7-18(15)24)20(28)10-14-16(22)8-5-9-19(14)25/h4-9,12-13H,10-11H2,1-3H3,(H,26,29)/t13-/m1/s1. The van der Waals surface area contributed by atoms with Gasteiger partial charge in [0.1, 0.15) is 11.9 Å². The topological polar surface area (TPSA) is 49.4 Å². The van der Waals surface area contributed by atoms with Crippen LogP contribution < -0.4 is 5.32 Å². The molecule has 0 aliphatic heterocycles. The molecule has 0 saturated heterocycles. The minimum atomic E-state index is -0.831. The third-order valence-electron chi connectivity index (χ3n) is 4.38. The molecule has 2 amide bonds. The molecule has 0 aromatic heterocycles. The van der Waals surface area contributed by atoms with Crippen molar-refractivity contribution in [2.24, 2.45) is 0 Å². The average molecular weight is 460 g/mol. The predicted octanol–water partition coefficient (Wildman–Crippen LogP) is 5.27. The quantitative estimate of drug-likeness (QED) is 0.613. The molecule has 4 nitrogen and oxygen atoms in total. The van der Waals surface area contributed by atoms with E-state index in [1.54, 1.807) is 25.1 Å². The van der Waals surface area contributed by atoms with Crippen LogP contribution in [0.1, 0.15) is 31.9 Å². The van der Waals surface area contributed by atoms with Crippen molar-refractivity contribution in [1.82, 2.24) is 10.2 Å². The summed E-state index contributed by atoms with van der Waals surface area (Å²) in [6.07, 6.45) is -0.299. The Morgan fingerprint density at radius 1 is 0.966 bits per heavy atom. The fraction of sp³-hybridized carbons (Fsp3) is 0.333. The first-order valence-corrected chi connectivity index (χ1v) is 10.2. The van der Waals surface area contributed by atoms with Gasteiger partial charge in [-0.05, 0) is 45.0 Å². The van der Waals surface area contributed by atoms with E-state index in [0.717, 1.165) is 0 Å². The van der Waals surface area contributed by atoms with Gasteiger partial charge in [0.15, 0.2) is 0 Å². The van der Waals surface area contributed by atoms with Crippen LogP contribution in [-0.2, 0) is 22.6 Å². The molecule has 1 N–H and O–H groups in total. The number of rotatable bonds is 7. The van der Waals surface area contributed by atoms with E-state index < -0.39 is 17.8 Å². The number of nitrogens with zero attached hydrogens (tertiary/aromatic N) is 1. The molecule has 2 aromatic carbocycles. The predicted molar refractivity (Wildman–Crippen MR) is 115 cm³/mol. The Balaban J connectivity index is 2.38. The Labute approximate surface area is 184 Å². The molecule has 0 bridgehead atoms. The van der Waals surface area contributed by atoms with E-state index in [1.807, 2.05) is 13.8 Å². The number of hydrogen-bond donors (Lipinski definition) is 1. The third-order valence-corrected chi connectivity index (χ3v) is 5.44. The molecule has 1 atom stereocenters. The van der Waals surface area contributed by atoms with Gasteiger partial charge in [-0.15, -0.1) is 0 Å². The first kappa shape index (κ1) is 23.5. The molecular weight excluding hydrogens is 438 g/mol. The first-order valence-electron chi connectivity index (χ1n) is 9.07. The molecule has 0 radical (unpaired) electrons. The van der Waals surface area contributed by atoms with Crippen LogP contribution in [0.2, 0.25) is 15.1 Å². The lowest BCUT2D eigenvalue weighted by Crippen LogP contribution is -2.49. The van der Waals surface area contributed by atoms with Gasteiger partial charge < -0.3 is 10.2 Å². The van der Waals surface area contributed by atoms with E-state index >= 15 is 0 Å². The lowest BCUT2D eigenvalue weighted by molar-refractivity contribution is -0.140. The SMILES string of the molecule is CC(C)NC(=O)[C@@H](C)N(Cc1c(Cl)cccc1Cl)C(=O)Cc1c(F)cccc1Cl. The summed E-state index contributed by atoms with van der Waals surface area (Å²) in [6.45, 7) is 5.24. The Kier molecular flexibility index (Phi) is 8.32. The highest BCUT2D eigenvalue weighted by Gasteiger charge is 2.28. The van der Waals surface area contributed by atoms with Crippen LogP contribution in [-0.4, -0.2) is 28.8 Å². The van der Waals surface area contributed by atoms with E-state index in [2.05, 4.69) is 5.32 Å². The second kappa shape index (κ2) is 10.3. The van der Waals surface area contributed by atoms with Gasteiger partial charge in [0.25, 0.3) is 0 Å². The van der Waals surface area contributed by atoms with Crippen molar-refractivity contribution >= 4 is 46.6 Å². The fourth-order valence-electron chi connectivity index (χ4n) is 2.80. The van der Waals surface area contributed by atoms with Crippen LogP contribution >= 0.6 is 34.8 Å². The minimum absolute atomic E-state index is 0.00388. The van der Waals surface area contributed by atoms with Gasteiger partial charge in [-0.25, -0.2) is 4.39 Å². The maximum Gasteiger partial charge on any atom is 0.242 e. The van der Waals surface area contributed by atoms with Crippen molar-refractivity contribution in [3.8, 4) is 0 Å². The summed E-state index contributed by atoms with van der Waals surface area (Å²) in [5.41, 5.74) is 0.582. The number of nitrogens with one attached hydrogen (secondary N) is 1. The first-order chi connectivity index (χ1) is 13.6. The molecular formula is C21H22Cl3FN2O2. The summed E-state index contributed by atoms with van der Waals surface area (Å²) in [5, 5.41) is 3.67. The Bertz CT molecular complexity index is 865. The number of carbonyl (C=O) groups is 2. The highest BCUT2D eigenvalue weighted by atomic mass is 35.5. The number of halogens is 4. The third kappa shape index (κ3) is 6.08. The summed E-state index contributed by atoms with van der Waals surface area (Å²) in [7, 11) is 0. The molecule has 2 rings (SSSR count). The van der Waals surface area contributed by atoms with Crippen molar-refractivity contribution in [3.63, 3.8) is 0 Å². The van der Waals surface area contributed by atoms with Gasteiger partial charge in [0, 0.05) is 38.8 Å². The molecule has 0 heterocycles. The molecule has 0 saturated carbocycles. The van der Waals surface area contributed by atoms with Gasteiger partial charge >= 0.3 is 0 Å². The molecule has 0 aliphatic carbocycles. The maximum absolute atomic E-state index is 14.2. The molecule has 2 aromatic rings. The normalized spacial score (nSPS) is 12.0. The van der Waals surface area contributed by atoms with Crippen molar-refractivity contribution in [3.05, 3.63) is 68.4 Å². The van der Waals surface area contributed by atoms with Gasteiger partial charge in [0.2, 0.25) is 11.8 Å². The lowest BCUT2D eigenvalue weighted by atomic mass is 10.1. The van der Waals surface area contributed by atoms with Crippen LogP contribution in [0.4, 0.5) is 4.39 Å². The van der Waals surface area contributed by atoms with Crippen molar-refractivity contribution in [2.75, 3.05) is 0 Å². The second-order valence-corrected chi connectivity index (χ2v) is 8.16. The molecule has 156 valence electrons. The van der Waals surface area contributed by atoms with Gasteiger partial charge in [-0.3, -0.25) is 9.59 Å². The van der Waals surface area contributed by atoms with Crippen LogP contribution in [0, 0.1) is 5.82 Å². The molecule has 0 aliphatic rings. The summed E-state index contributed by atoms with van der Waals surface area (Å²) in [6, 6.07) is 8.26. The summed E-state index contributed by atoms with van der Waals surface area (Å²) >= 11 is 18.6. The zero-order valence-corrected chi connectivity index (χ0v) is 18.6. The largest absolute Gasteiger partial charge is 0.352 e. The minimum Gasteiger partial charge on any atom is -0.352 e. The van der Waals surface area contributed by atoms with E-state index in [1.165, 1.54) is 23.1 Å². The van der Waals surface area contributed by atoms with Gasteiger partial charge in [-0.2, -0.15) is 0 Å². The molecule has 0 spiro atoms. The van der Waals surface area contributed by atoms with E-state index in [0.29, 0.717) is 15.6 Å². The smallest absolute Gasteiger partial charge is 0.242 e. The van der Waals surface area contributed by atoms with Crippen molar-refractivity contribution in [1.29, 1.82) is 0 Å². The molecule has 0 unspecified atom stereocenters. The van der Waals surface area contributed by atoms with Crippen molar-refractivity contribution in [2.45, 2.75) is 45.8 Å². The Hall–Kier alpha value is -1.82. The number of hydrogen-bond acceptors (Lipinski definition) is 2. The number of carbonyl (C=O) groups excluding carboxylic acids is 2. The lowest BCUT2D eigenvalue weighted by Gasteiger charge is -2.30. The van der Waals surface area contributed by atoms with Crippen molar-refractivity contribution < 1.29 is 14.0 Å². The zero-order chi connectivity index (χ0) is 21.7. The number of benzene rings is 2. The molecule has 8 heteroatoms. The second-order valence-electron chi connectivity index (χ2n) is 6.94. The highest BCUT2D eigenvalue weighted by molar-refractivity contribution is 6.36. The van der Waals surface area contributed by atoms with E-state index in [9.17, 15) is 14.0 Å². The van der Waals surface area contributed by atoms with Gasteiger partial charge in [-0.1, -0.05) is 46.9 Å². The van der Waals surface area contributed by atoms with Crippen LogP contribution in [0.5, 0.6) is 0 Å². The summed E-state index contributed by atoms with van der Waals surface area (Å²) in [4.78, 5) is 27.0. The van der Waals surface area contributed by atoms with E-state index in [4.69, 9.17) is 34.8 Å². The fourth-order valence-corrected chi connectivity index (χ4v) is 3.54. The summed E-state index contributed by atoms with van der Waals surface area (Å²) < 4.78 is 14.2. The zero-order valence-electron chi connectivity index (χ0n) is 16.3. The van der Waals surface area contributed by atoms with E-state index in [-0.39, 0.29) is 35.5 Å². The maximum atomic E-state index is 14.2. The van der Waals surface area contributed by atoms with Crippen LogP contribution in [0.25, 0.3) is 0 Å². The molecule has 29 heavy (non-hydrogen) atoms. The Morgan fingerprint density at radius 2 is 1.48 bits per heavy atom. The van der Waals surface area contributed by atoms with Crippen LogP contribution in [0.3, 0.4) is 0 Å². The Morgan fingerprint density at radius 3 is 2.00 bits per heavy atom. The van der Waals surface area contributed by atoms with Gasteiger partial charge in [0.05, 0.1) is 6.42 Å².